The highest BCUT2D eigenvalue weighted by molar-refractivity contribution is 7.91. The van der Waals surface area contributed by atoms with Gasteiger partial charge in [-0.1, -0.05) is 17.7 Å². The van der Waals surface area contributed by atoms with Crippen LogP contribution in [0.4, 0.5) is 10.5 Å². The first-order valence-corrected chi connectivity index (χ1v) is 10.3. The number of hydrogen-bond donors (Lipinski definition) is 1. The molecule has 8 heteroatoms. The zero-order valence-electron chi connectivity index (χ0n) is 14.3. The number of carbonyl (C=O) groups excluding carboxylic acids is 2. The molecular weight excluding hydrogens is 342 g/mol. The lowest BCUT2D eigenvalue weighted by Gasteiger charge is -2.35. The van der Waals surface area contributed by atoms with Crippen molar-refractivity contribution in [2.24, 2.45) is 5.92 Å². The topological polar surface area (TPSA) is 86.8 Å². The van der Waals surface area contributed by atoms with E-state index in [0.29, 0.717) is 32.6 Å². The molecule has 25 heavy (non-hydrogen) atoms. The second-order valence-corrected chi connectivity index (χ2v) is 8.94. The van der Waals surface area contributed by atoms with Gasteiger partial charge in [-0.2, -0.15) is 0 Å². The van der Waals surface area contributed by atoms with Crippen LogP contribution in [0.5, 0.6) is 0 Å². The van der Waals surface area contributed by atoms with E-state index in [1.807, 2.05) is 31.2 Å². The summed E-state index contributed by atoms with van der Waals surface area (Å²) in [6.07, 6.45) is 0.412. The highest BCUT2D eigenvalue weighted by Crippen LogP contribution is 2.21. The van der Waals surface area contributed by atoms with E-state index in [2.05, 4.69) is 5.32 Å². The molecule has 2 heterocycles. The van der Waals surface area contributed by atoms with E-state index < -0.39 is 15.8 Å². The lowest BCUT2D eigenvalue weighted by Crippen LogP contribution is -2.53. The molecule has 136 valence electrons. The first kappa shape index (κ1) is 17.7. The molecule has 0 radical (unpaired) electrons. The van der Waals surface area contributed by atoms with E-state index in [-0.39, 0.29) is 23.4 Å². The maximum atomic E-state index is 12.4. The average Bonchev–Trinajstić information content (AvgIpc) is 2.96. The molecule has 0 spiro atoms. The molecule has 1 aromatic rings. The number of rotatable bonds is 2. The summed E-state index contributed by atoms with van der Waals surface area (Å²) >= 11 is 0. The lowest BCUT2D eigenvalue weighted by molar-refractivity contribution is -0.136. The number of urea groups is 1. The van der Waals surface area contributed by atoms with Gasteiger partial charge in [0.2, 0.25) is 5.91 Å². The molecule has 2 aliphatic rings. The van der Waals surface area contributed by atoms with Crippen molar-refractivity contribution < 1.29 is 18.0 Å². The van der Waals surface area contributed by atoms with Crippen molar-refractivity contribution in [1.82, 2.24) is 9.80 Å². The van der Waals surface area contributed by atoms with Crippen LogP contribution in [0.2, 0.25) is 0 Å². The number of nitrogens with zero attached hydrogens (tertiary/aromatic N) is 2. The maximum absolute atomic E-state index is 12.4. The molecule has 0 aliphatic carbocycles. The molecule has 0 bridgehead atoms. The minimum absolute atomic E-state index is 0.0417. The summed E-state index contributed by atoms with van der Waals surface area (Å²) in [5.41, 5.74) is 1.87. The predicted octanol–water partition coefficient (Wildman–Crippen LogP) is 1.11. The standard InChI is InChI=1S/C17H23N3O4S/c1-13-2-4-15(5-3-13)18-17(22)20-9-7-19(8-10-20)16(21)14-6-11-25(23,24)12-14/h2-5,14H,6-12H2,1H3,(H,18,22). The van der Waals surface area contributed by atoms with Gasteiger partial charge < -0.3 is 15.1 Å². The zero-order valence-corrected chi connectivity index (χ0v) is 15.1. The fraction of sp³-hybridized carbons (Fsp3) is 0.529. The van der Waals surface area contributed by atoms with Gasteiger partial charge in [-0.25, -0.2) is 13.2 Å². The quantitative estimate of drug-likeness (QED) is 0.850. The molecule has 3 rings (SSSR count). The van der Waals surface area contributed by atoms with Gasteiger partial charge in [-0.15, -0.1) is 0 Å². The number of hydrogen-bond acceptors (Lipinski definition) is 4. The fourth-order valence-electron chi connectivity index (χ4n) is 3.22. The van der Waals surface area contributed by atoms with Crippen LogP contribution in [0.3, 0.4) is 0 Å². The highest BCUT2D eigenvalue weighted by atomic mass is 32.2. The third-order valence-electron chi connectivity index (χ3n) is 4.76. The van der Waals surface area contributed by atoms with Crippen LogP contribution in [0, 0.1) is 12.8 Å². The van der Waals surface area contributed by atoms with Crippen LogP contribution in [0.15, 0.2) is 24.3 Å². The molecule has 1 N–H and O–H groups in total. The number of sulfone groups is 1. The molecular formula is C17H23N3O4S. The molecule has 2 aliphatic heterocycles. The van der Waals surface area contributed by atoms with Crippen LogP contribution in [0.25, 0.3) is 0 Å². The lowest BCUT2D eigenvalue weighted by atomic mass is 10.1. The first-order valence-electron chi connectivity index (χ1n) is 8.46. The van der Waals surface area contributed by atoms with Crippen molar-refractivity contribution in [3.05, 3.63) is 29.8 Å². The molecule has 1 aromatic carbocycles. The summed E-state index contributed by atoms with van der Waals surface area (Å²) in [6.45, 7) is 3.76. The zero-order chi connectivity index (χ0) is 18.0. The van der Waals surface area contributed by atoms with Crippen molar-refractivity contribution in [2.75, 3.05) is 43.0 Å². The predicted molar refractivity (Wildman–Crippen MR) is 95.1 cm³/mol. The number of anilines is 1. The largest absolute Gasteiger partial charge is 0.339 e. The Hall–Kier alpha value is -2.09. The number of aryl methyl sites for hydroxylation is 1. The molecule has 0 saturated carbocycles. The van der Waals surface area contributed by atoms with Gasteiger partial charge >= 0.3 is 6.03 Å². The second kappa shape index (κ2) is 7.03. The van der Waals surface area contributed by atoms with Crippen molar-refractivity contribution in [1.29, 1.82) is 0 Å². The summed E-state index contributed by atoms with van der Waals surface area (Å²) in [7, 11) is -3.06. The minimum atomic E-state index is -3.06. The minimum Gasteiger partial charge on any atom is -0.339 e. The van der Waals surface area contributed by atoms with Crippen LogP contribution >= 0.6 is 0 Å². The van der Waals surface area contributed by atoms with Gasteiger partial charge in [0.15, 0.2) is 9.84 Å². The first-order chi connectivity index (χ1) is 11.8. The molecule has 2 fully saturated rings. The molecule has 7 nitrogen and oxygen atoms in total. The van der Waals surface area contributed by atoms with E-state index in [1.54, 1.807) is 9.80 Å². The van der Waals surface area contributed by atoms with Crippen LogP contribution in [-0.2, 0) is 14.6 Å². The highest BCUT2D eigenvalue weighted by Gasteiger charge is 2.36. The van der Waals surface area contributed by atoms with Crippen LogP contribution < -0.4 is 5.32 Å². The third-order valence-corrected chi connectivity index (χ3v) is 6.53. The number of amides is 3. The van der Waals surface area contributed by atoms with Gasteiger partial charge in [-0.3, -0.25) is 4.79 Å². The Morgan fingerprint density at radius 3 is 2.20 bits per heavy atom. The average molecular weight is 365 g/mol. The third kappa shape index (κ3) is 4.31. The van der Waals surface area contributed by atoms with Gasteiger partial charge in [0, 0.05) is 31.9 Å². The molecule has 1 unspecified atom stereocenters. The van der Waals surface area contributed by atoms with Gasteiger partial charge in [-0.05, 0) is 25.5 Å². The van der Waals surface area contributed by atoms with E-state index >= 15 is 0 Å². The SMILES string of the molecule is Cc1ccc(NC(=O)N2CCN(C(=O)C3CCS(=O)(=O)C3)CC2)cc1. The Balaban J connectivity index is 1.50. The van der Waals surface area contributed by atoms with E-state index in [9.17, 15) is 18.0 Å². The summed E-state index contributed by atoms with van der Waals surface area (Å²) in [6, 6.07) is 7.39. The maximum Gasteiger partial charge on any atom is 0.321 e. The monoisotopic (exact) mass is 365 g/mol. The van der Waals surface area contributed by atoms with E-state index in [0.717, 1.165) is 11.3 Å². The smallest absolute Gasteiger partial charge is 0.321 e. The number of piperazine rings is 1. The molecule has 1 atom stereocenters. The second-order valence-electron chi connectivity index (χ2n) is 6.71. The molecule has 0 aromatic heterocycles. The normalized spacial score (nSPS) is 22.7. The number of nitrogens with one attached hydrogen (secondary N) is 1. The van der Waals surface area contributed by atoms with Gasteiger partial charge in [0.1, 0.15) is 0 Å². The Labute approximate surface area is 147 Å². The van der Waals surface area contributed by atoms with Crippen molar-refractivity contribution in [3.63, 3.8) is 0 Å². The summed E-state index contributed by atoms with van der Waals surface area (Å²) in [4.78, 5) is 28.1. The Kier molecular flexibility index (Phi) is 4.99. The van der Waals surface area contributed by atoms with Crippen molar-refractivity contribution in [2.45, 2.75) is 13.3 Å². The Bertz CT molecular complexity index is 753. The van der Waals surface area contributed by atoms with Crippen LogP contribution in [-0.4, -0.2) is 67.8 Å². The Morgan fingerprint density at radius 2 is 1.64 bits per heavy atom. The van der Waals surface area contributed by atoms with Crippen molar-refractivity contribution in [3.8, 4) is 0 Å². The van der Waals surface area contributed by atoms with Crippen LogP contribution in [0.1, 0.15) is 12.0 Å². The molecule has 2 saturated heterocycles. The summed E-state index contributed by atoms with van der Waals surface area (Å²) < 4.78 is 23.1. The van der Waals surface area contributed by atoms with Crippen molar-refractivity contribution >= 4 is 27.5 Å². The summed E-state index contributed by atoms with van der Waals surface area (Å²) in [5.74, 6) is -0.458. The molecule has 3 amide bonds. The van der Waals surface area contributed by atoms with E-state index in [4.69, 9.17) is 0 Å². The number of benzene rings is 1. The fourth-order valence-corrected chi connectivity index (χ4v) is 4.95. The van der Waals surface area contributed by atoms with E-state index in [1.165, 1.54) is 0 Å². The Morgan fingerprint density at radius 1 is 1.04 bits per heavy atom. The van der Waals surface area contributed by atoms with Gasteiger partial charge in [0.05, 0.1) is 17.4 Å². The van der Waals surface area contributed by atoms with Gasteiger partial charge in [0.25, 0.3) is 0 Å². The number of carbonyl (C=O) groups is 2. The summed E-state index contributed by atoms with van der Waals surface area (Å²) in [5, 5.41) is 2.85.